The normalized spacial score (nSPS) is 16.7. The number of nitrogens with zero attached hydrogens (tertiary/aromatic N) is 1. The van der Waals surface area contributed by atoms with Crippen LogP contribution in [0.4, 0.5) is 4.79 Å². The van der Waals surface area contributed by atoms with Crippen LogP contribution in [-0.2, 0) is 4.74 Å². The number of carbonyl (C=O) groups excluding carboxylic acids is 2. The second kappa shape index (κ2) is 7.70. The first-order valence-corrected chi connectivity index (χ1v) is 9.17. The van der Waals surface area contributed by atoms with E-state index >= 15 is 0 Å². The Bertz CT molecular complexity index is 830. The lowest BCUT2D eigenvalue weighted by molar-refractivity contribution is 0.0458. The lowest BCUT2D eigenvalue weighted by atomic mass is 9.99. The smallest absolute Gasteiger partial charge is 0.410 e. The maximum Gasteiger partial charge on any atom is 0.410 e. The lowest BCUT2D eigenvalue weighted by Crippen LogP contribution is -2.37. The first-order valence-electron chi connectivity index (χ1n) is 9.17. The molecule has 4 rings (SSSR count). The number of hydrogen-bond donors (Lipinski definition) is 0. The van der Waals surface area contributed by atoms with E-state index in [1.54, 1.807) is 47.4 Å². The highest BCUT2D eigenvalue weighted by Crippen LogP contribution is 2.36. The number of fused-ring (bicyclic) bond motifs is 1. The highest BCUT2D eigenvalue weighted by atomic mass is 16.7. The topological polar surface area (TPSA) is 65.1 Å². The van der Waals surface area contributed by atoms with Crippen LogP contribution >= 0.6 is 0 Å². The second-order valence-electron chi connectivity index (χ2n) is 6.65. The standard InChI is InChI=1S/C21H21NO5/c23-19(15-7-3-1-4-8-15)20(27-21(24)22-11-5-2-6-12-22)16-9-10-17-18(13-16)26-14-25-17/h1,3-4,7-10,13,20H,2,5-6,11-12,14H2. The van der Waals surface area contributed by atoms with Gasteiger partial charge in [-0.05, 0) is 31.4 Å². The number of Topliss-reactive ketones (excluding diaryl/α,β-unsaturated/α-hetero) is 1. The summed E-state index contributed by atoms with van der Waals surface area (Å²) in [4.78, 5) is 27.4. The van der Waals surface area contributed by atoms with Crippen molar-refractivity contribution in [2.45, 2.75) is 25.4 Å². The Balaban J connectivity index is 1.62. The average Bonchev–Trinajstić information content (AvgIpc) is 3.20. The Morgan fingerprint density at radius 1 is 0.926 bits per heavy atom. The van der Waals surface area contributed by atoms with E-state index in [1.165, 1.54) is 0 Å². The Morgan fingerprint density at radius 3 is 2.44 bits per heavy atom. The molecule has 2 aliphatic rings. The molecule has 0 N–H and O–H groups in total. The lowest BCUT2D eigenvalue weighted by Gasteiger charge is -2.28. The molecule has 140 valence electrons. The molecule has 0 saturated carbocycles. The molecule has 27 heavy (non-hydrogen) atoms. The number of carbonyl (C=O) groups is 2. The van der Waals surface area contributed by atoms with E-state index < -0.39 is 12.2 Å². The molecule has 1 atom stereocenters. The van der Waals surface area contributed by atoms with Gasteiger partial charge in [-0.25, -0.2) is 4.79 Å². The number of likely N-dealkylation sites (tertiary alicyclic amines) is 1. The summed E-state index contributed by atoms with van der Waals surface area (Å²) >= 11 is 0. The van der Waals surface area contributed by atoms with E-state index in [0.717, 1.165) is 19.3 Å². The molecule has 0 radical (unpaired) electrons. The largest absolute Gasteiger partial charge is 0.454 e. The fourth-order valence-corrected chi connectivity index (χ4v) is 3.35. The van der Waals surface area contributed by atoms with E-state index in [9.17, 15) is 9.59 Å². The summed E-state index contributed by atoms with van der Waals surface area (Å²) in [5.41, 5.74) is 1.06. The summed E-state index contributed by atoms with van der Waals surface area (Å²) in [5, 5.41) is 0. The fraction of sp³-hybridized carbons (Fsp3) is 0.333. The zero-order chi connectivity index (χ0) is 18.6. The summed E-state index contributed by atoms with van der Waals surface area (Å²) in [5.74, 6) is 0.902. The molecule has 2 aromatic rings. The Hall–Kier alpha value is -3.02. The summed E-state index contributed by atoms with van der Waals surface area (Å²) < 4.78 is 16.4. The molecule has 1 saturated heterocycles. The van der Waals surface area contributed by atoms with Crippen molar-refractivity contribution in [1.82, 2.24) is 4.90 Å². The van der Waals surface area contributed by atoms with Crippen molar-refractivity contribution in [3.8, 4) is 11.5 Å². The summed E-state index contributed by atoms with van der Waals surface area (Å²) in [6, 6.07) is 14.0. The van der Waals surface area contributed by atoms with Crippen molar-refractivity contribution in [2.24, 2.45) is 0 Å². The number of piperidine rings is 1. The predicted octanol–water partition coefficient (Wildman–Crippen LogP) is 3.96. The van der Waals surface area contributed by atoms with Crippen LogP contribution in [0, 0.1) is 0 Å². The number of rotatable bonds is 4. The minimum atomic E-state index is -1.03. The van der Waals surface area contributed by atoms with Crippen molar-refractivity contribution in [3.05, 3.63) is 59.7 Å². The third kappa shape index (κ3) is 3.74. The quantitative estimate of drug-likeness (QED) is 0.765. The zero-order valence-corrected chi connectivity index (χ0v) is 14.9. The minimum absolute atomic E-state index is 0.143. The third-order valence-corrected chi connectivity index (χ3v) is 4.83. The van der Waals surface area contributed by atoms with Gasteiger partial charge in [-0.3, -0.25) is 4.79 Å². The molecule has 1 unspecified atom stereocenters. The Morgan fingerprint density at radius 2 is 1.67 bits per heavy atom. The van der Waals surface area contributed by atoms with Crippen molar-refractivity contribution < 1.29 is 23.8 Å². The number of amides is 1. The Labute approximate surface area is 157 Å². The van der Waals surface area contributed by atoms with Gasteiger partial charge in [0, 0.05) is 24.2 Å². The molecule has 2 aliphatic heterocycles. The second-order valence-corrected chi connectivity index (χ2v) is 6.65. The van der Waals surface area contributed by atoms with Crippen molar-refractivity contribution in [2.75, 3.05) is 19.9 Å². The molecule has 2 heterocycles. The molecule has 0 bridgehead atoms. The molecule has 6 nitrogen and oxygen atoms in total. The van der Waals surface area contributed by atoms with Crippen LogP contribution in [0.3, 0.4) is 0 Å². The Kier molecular flexibility index (Phi) is 4.96. The third-order valence-electron chi connectivity index (χ3n) is 4.83. The van der Waals surface area contributed by atoms with Gasteiger partial charge in [-0.15, -0.1) is 0 Å². The van der Waals surface area contributed by atoms with Crippen LogP contribution in [0.2, 0.25) is 0 Å². The van der Waals surface area contributed by atoms with Gasteiger partial charge in [-0.2, -0.15) is 0 Å². The van der Waals surface area contributed by atoms with Gasteiger partial charge in [0.15, 0.2) is 17.6 Å². The van der Waals surface area contributed by atoms with Crippen LogP contribution in [0.1, 0.15) is 41.3 Å². The number of ketones is 1. The highest BCUT2D eigenvalue weighted by Gasteiger charge is 2.30. The fourth-order valence-electron chi connectivity index (χ4n) is 3.35. The van der Waals surface area contributed by atoms with Crippen LogP contribution < -0.4 is 9.47 Å². The SMILES string of the molecule is O=C(c1ccccc1)C(OC(=O)N1CCCCC1)c1ccc2c(c1)OCO2. The summed E-state index contributed by atoms with van der Waals surface area (Å²) in [7, 11) is 0. The number of benzene rings is 2. The molecule has 0 spiro atoms. The highest BCUT2D eigenvalue weighted by molar-refractivity contribution is 6.01. The van der Waals surface area contributed by atoms with Gasteiger partial charge in [0.2, 0.25) is 12.6 Å². The van der Waals surface area contributed by atoms with E-state index in [4.69, 9.17) is 14.2 Å². The molecule has 2 aromatic carbocycles. The molecular formula is C21H21NO5. The van der Waals surface area contributed by atoms with Crippen LogP contribution in [-0.4, -0.2) is 36.7 Å². The molecule has 1 amide bonds. The van der Waals surface area contributed by atoms with E-state index in [0.29, 0.717) is 35.7 Å². The summed E-state index contributed by atoms with van der Waals surface area (Å²) in [6.45, 7) is 1.46. The molecule has 6 heteroatoms. The van der Waals surface area contributed by atoms with Crippen molar-refractivity contribution in [3.63, 3.8) is 0 Å². The van der Waals surface area contributed by atoms with Crippen LogP contribution in [0.5, 0.6) is 11.5 Å². The van der Waals surface area contributed by atoms with Crippen molar-refractivity contribution >= 4 is 11.9 Å². The van der Waals surface area contributed by atoms with Gasteiger partial charge < -0.3 is 19.1 Å². The first-order chi connectivity index (χ1) is 13.2. The molecule has 0 aromatic heterocycles. The van der Waals surface area contributed by atoms with Crippen LogP contribution in [0.15, 0.2) is 48.5 Å². The monoisotopic (exact) mass is 367 g/mol. The summed E-state index contributed by atoms with van der Waals surface area (Å²) in [6.07, 6.45) is 1.53. The van der Waals surface area contributed by atoms with Crippen LogP contribution in [0.25, 0.3) is 0 Å². The van der Waals surface area contributed by atoms with Crippen molar-refractivity contribution in [1.29, 1.82) is 0 Å². The van der Waals surface area contributed by atoms with Gasteiger partial charge in [0.25, 0.3) is 0 Å². The minimum Gasteiger partial charge on any atom is -0.454 e. The molecule has 0 aliphatic carbocycles. The average molecular weight is 367 g/mol. The van der Waals surface area contributed by atoms with E-state index in [2.05, 4.69) is 0 Å². The van der Waals surface area contributed by atoms with E-state index in [1.807, 2.05) is 6.07 Å². The number of ether oxygens (including phenoxy) is 3. The van der Waals surface area contributed by atoms with Gasteiger partial charge in [0.05, 0.1) is 0 Å². The van der Waals surface area contributed by atoms with Gasteiger partial charge >= 0.3 is 6.09 Å². The van der Waals surface area contributed by atoms with Gasteiger partial charge in [0.1, 0.15) is 0 Å². The van der Waals surface area contributed by atoms with E-state index in [-0.39, 0.29) is 12.6 Å². The maximum atomic E-state index is 13.1. The molecular weight excluding hydrogens is 346 g/mol. The number of hydrogen-bond acceptors (Lipinski definition) is 5. The molecule has 1 fully saturated rings. The van der Waals surface area contributed by atoms with Gasteiger partial charge in [-0.1, -0.05) is 36.4 Å². The maximum absolute atomic E-state index is 13.1. The zero-order valence-electron chi connectivity index (χ0n) is 14.9. The predicted molar refractivity (Wildman–Crippen MR) is 98.0 cm³/mol. The first kappa shape index (κ1) is 17.4.